The van der Waals surface area contributed by atoms with E-state index >= 15 is 0 Å². The van der Waals surface area contributed by atoms with Gasteiger partial charge in [0, 0.05) is 38.3 Å². The van der Waals surface area contributed by atoms with E-state index in [4.69, 9.17) is 4.74 Å². The van der Waals surface area contributed by atoms with E-state index in [1.807, 2.05) is 24.7 Å². The van der Waals surface area contributed by atoms with Gasteiger partial charge in [-0.3, -0.25) is 9.89 Å². The second-order valence-corrected chi connectivity index (χ2v) is 5.73. The van der Waals surface area contributed by atoms with Crippen LogP contribution >= 0.6 is 0 Å². The zero-order chi connectivity index (χ0) is 15.5. The van der Waals surface area contributed by atoms with Crippen LogP contribution in [-0.2, 0) is 11.8 Å². The summed E-state index contributed by atoms with van der Waals surface area (Å²) in [7, 11) is 1.94. The van der Waals surface area contributed by atoms with Crippen LogP contribution in [0.2, 0.25) is 0 Å². The zero-order valence-corrected chi connectivity index (χ0v) is 12.9. The van der Waals surface area contributed by atoms with E-state index in [1.54, 1.807) is 12.3 Å². The van der Waals surface area contributed by atoms with Crippen LogP contribution in [0.5, 0.6) is 0 Å². The lowest BCUT2D eigenvalue weighted by Gasteiger charge is -2.30. The largest absolute Gasteiger partial charge is 0.381 e. The number of H-pyrrole nitrogens is 1. The third-order valence-corrected chi connectivity index (χ3v) is 4.10. The predicted octanol–water partition coefficient (Wildman–Crippen LogP) is 1.35. The first-order valence-corrected chi connectivity index (χ1v) is 7.53. The van der Waals surface area contributed by atoms with E-state index in [9.17, 15) is 4.79 Å². The van der Waals surface area contributed by atoms with Crippen molar-refractivity contribution in [2.75, 3.05) is 13.2 Å². The van der Waals surface area contributed by atoms with E-state index in [2.05, 4.69) is 20.5 Å². The fourth-order valence-corrected chi connectivity index (χ4v) is 2.87. The van der Waals surface area contributed by atoms with E-state index in [-0.39, 0.29) is 11.9 Å². The number of nitrogens with zero attached hydrogens (tertiary/aromatic N) is 3. The highest BCUT2D eigenvalue weighted by Crippen LogP contribution is 2.29. The number of aromatic amines is 1. The zero-order valence-electron chi connectivity index (χ0n) is 12.9. The molecule has 0 bridgehead atoms. The number of ether oxygens (including phenoxy) is 1. The molecular weight excluding hydrogens is 282 g/mol. The van der Waals surface area contributed by atoms with E-state index < -0.39 is 0 Å². The normalized spacial score (nSPS) is 17.4. The van der Waals surface area contributed by atoms with Crippen molar-refractivity contribution in [1.29, 1.82) is 0 Å². The first-order chi connectivity index (χ1) is 10.6. The molecule has 1 saturated heterocycles. The molecular formula is C15H21N5O2. The number of carbonyl (C=O) groups excluding carboxylic acids is 1. The molecule has 1 aliphatic rings. The summed E-state index contributed by atoms with van der Waals surface area (Å²) < 4.78 is 7.39. The van der Waals surface area contributed by atoms with Crippen LogP contribution in [-0.4, -0.2) is 38.9 Å². The summed E-state index contributed by atoms with van der Waals surface area (Å²) in [6.45, 7) is 3.32. The van der Waals surface area contributed by atoms with Gasteiger partial charge in [-0.2, -0.15) is 5.10 Å². The maximum atomic E-state index is 12.5. The van der Waals surface area contributed by atoms with Crippen LogP contribution in [0.15, 0.2) is 18.5 Å². The number of carbonyl (C=O) groups is 1. The number of hydrogen-bond donors (Lipinski definition) is 2. The third-order valence-electron chi connectivity index (χ3n) is 4.10. The molecule has 22 heavy (non-hydrogen) atoms. The Morgan fingerprint density at radius 3 is 2.86 bits per heavy atom. The second kappa shape index (κ2) is 6.31. The molecule has 1 aliphatic heterocycles. The maximum absolute atomic E-state index is 12.5. The molecule has 1 amide bonds. The van der Waals surface area contributed by atoms with Gasteiger partial charge in [-0.05, 0) is 31.7 Å². The maximum Gasteiger partial charge on any atom is 0.272 e. The molecule has 2 N–H and O–H groups in total. The van der Waals surface area contributed by atoms with Crippen LogP contribution in [0.3, 0.4) is 0 Å². The lowest BCUT2D eigenvalue weighted by atomic mass is 9.91. The van der Waals surface area contributed by atoms with Gasteiger partial charge in [0.25, 0.3) is 5.91 Å². The van der Waals surface area contributed by atoms with Crippen LogP contribution in [0, 0.1) is 12.8 Å². The summed E-state index contributed by atoms with van der Waals surface area (Å²) in [5.74, 6) is 1.01. The lowest BCUT2D eigenvalue weighted by Crippen LogP contribution is -2.37. The van der Waals surface area contributed by atoms with Crippen molar-refractivity contribution in [3.05, 3.63) is 35.7 Å². The first kappa shape index (κ1) is 14.8. The Balaban J connectivity index is 1.82. The number of aromatic nitrogens is 4. The smallest absolute Gasteiger partial charge is 0.272 e. The molecule has 0 radical (unpaired) electrons. The van der Waals surface area contributed by atoms with Crippen LogP contribution in [0.1, 0.15) is 40.9 Å². The van der Waals surface area contributed by atoms with Crippen molar-refractivity contribution >= 4 is 5.91 Å². The molecule has 2 aromatic heterocycles. The molecule has 0 aliphatic carbocycles. The second-order valence-electron chi connectivity index (χ2n) is 5.73. The van der Waals surface area contributed by atoms with Gasteiger partial charge in [-0.1, -0.05) is 0 Å². The van der Waals surface area contributed by atoms with Crippen LogP contribution < -0.4 is 5.32 Å². The monoisotopic (exact) mass is 303 g/mol. The Labute approximate surface area is 129 Å². The van der Waals surface area contributed by atoms with Crippen molar-refractivity contribution in [2.24, 2.45) is 13.0 Å². The third kappa shape index (κ3) is 3.04. The summed E-state index contributed by atoms with van der Waals surface area (Å²) in [4.78, 5) is 16.9. The molecule has 7 heteroatoms. The van der Waals surface area contributed by atoms with Gasteiger partial charge < -0.3 is 14.6 Å². The minimum absolute atomic E-state index is 0.131. The highest BCUT2D eigenvalue weighted by Gasteiger charge is 2.30. The van der Waals surface area contributed by atoms with Crippen molar-refractivity contribution in [1.82, 2.24) is 25.1 Å². The van der Waals surface area contributed by atoms with Gasteiger partial charge in [-0.15, -0.1) is 0 Å². The van der Waals surface area contributed by atoms with Crippen molar-refractivity contribution in [3.8, 4) is 0 Å². The van der Waals surface area contributed by atoms with Crippen LogP contribution in [0.25, 0.3) is 0 Å². The van der Waals surface area contributed by atoms with E-state index in [0.717, 1.165) is 37.6 Å². The highest BCUT2D eigenvalue weighted by atomic mass is 16.5. The number of aryl methyl sites for hydroxylation is 2. The lowest BCUT2D eigenvalue weighted by molar-refractivity contribution is 0.0498. The highest BCUT2D eigenvalue weighted by molar-refractivity contribution is 5.92. The molecule has 0 saturated carbocycles. The Kier molecular flexibility index (Phi) is 4.24. The summed E-state index contributed by atoms with van der Waals surface area (Å²) in [5, 5.41) is 9.92. The Hall–Kier alpha value is -2.15. The molecule has 7 nitrogen and oxygen atoms in total. The minimum Gasteiger partial charge on any atom is -0.381 e. The molecule has 0 unspecified atom stereocenters. The van der Waals surface area contributed by atoms with E-state index in [1.165, 1.54) is 0 Å². The molecule has 0 aromatic carbocycles. The average molecular weight is 303 g/mol. The van der Waals surface area contributed by atoms with Gasteiger partial charge in [0.1, 0.15) is 11.5 Å². The Morgan fingerprint density at radius 1 is 1.50 bits per heavy atom. The average Bonchev–Trinajstić information content (AvgIpc) is 3.14. The van der Waals surface area contributed by atoms with Gasteiger partial charge in [0.05, 0.1) is 6.04 Å². The quantitative estimate of drug-likeness (QED) is 0.893. The molecule has 3 rings (SSSR count). The number of hydrogen-bond acceptors (Lipinski definition) is 4. The number of nitrogens with one attached hydrogen (secondary N) is 2. The van der Waals surface area contributed by atoms with Crippen molar-refractivity contribution < 1.29 is 9.53 Å². The molecule has 2 aromatic rings. The fraction of sp³-hybridized carbons (Fsp3) is 0.533. The Morgan fingerprint density at radius 2 is 2.27 bits per heavy atom. The van der Waals surface area contributed by atoms with E-state index in [0.29, 0.717) is 11.6 Å². The van der Waals surface area contributed by atoms with Crippen molar-refractivity contribution in [2.45, 2.75) is 25.8 Å². The van der Waals surface area contributed by atoms with Crippen molar-refractivity contribution in [3.63, 3.8) is 0 Å². The fourth-order valence-electron chi connectivity index (χ4n) is 2.87. The van der Waals surface area contributed by atoms with Gasteiger partial charge in [0.2, 0.25) is 0 Å². The molecule has 3 heterocycles. The molecule has 1 atom stereocenters. The topological polar surface area (TPSA) is 84.8 Å². The molecule has 1 fully saturated rings. The van der Waals surface area contributed by atoms with Gasteiger partial charge >= 0.3 is 0 Å². The minimum atomic E-state index is -0.177. The Bertz CT molecular complexity index is 642. The number of rotatable bonds is 4. The molecule has 0 spiro atoms. The number of amides is 1. The summed E-state index contributed by atoms with van der Waals surface area (Å²) in [5.41, 5.74) is 1.27. The summed E-state index contributed by atoms with van der Waals surface area (Å²) in [6, 6.07) is 1.61. The SMILES string of the molecule is Cc1cc(C(=O)N[C@@H](c2nccn2C)C2CCOCC2)n[nH]1. The summed E-state index contributed by atoms with van der Waals surface area (Å²) >= 11 is 0. The summed E-state index contributed by atoms with van der Waals surface area (Å²) in [6.07, 6.45) is 5.48. The standard InChI is InChI=1S/C15H21N5O2/c1-10-9-12(19-18-10)15(21)17-13(11-3-7-22-8-4-11)14-16-5-6-20(14)2/h5-6,9,11,13H,3-4,7-8H2,1-2H3,(H,17,21)(H,18,19)/t13-/m1/s1. The van der Waals surface area contributed by atoms with Gasteiger partial charge in [-0.25, -0.2) is 4.98 Å². The first-order valence-electron chi connectivity index (χ1n) is 7.53. The predicted molar refractivity (Wildman–Crippen MR) is 80.3 cm³/mol. The van der Waals surface area contributed by atoms with Crippen LogP contribution in [0.4, 0.5) is 0 Å². The molecule has 118 valence electrons. The van der Waals surface area contributed by atoms with Gasteiger partial charge in [0.15, 0.2) is 0 Å². The number of imidazole rings is 1.